The van der Waals surface area contributed by atoms with E-state index in [-0.39, 0.29) is 0 Å². The van der Waals surface area contributed by atoms with Crippen molar-refractivity contribution in [2.45, 2.75) is 25.8 Å². The SMILES string of the molecule is CCOC(=O)c1cc(-c2ccnc(NC3CCOCC3)n2)nn1C. The fourth-order valence-electron chi connectivity index (χ4n) is 2.58. The third kappa shape index (κ3) is 3.70. The number of nitrogens with one attached hydrogen (secondary N) is 1. The highest BCUT2D eigenvalue weighted by molar-refractivity contribution is 5.88. The molecule has 0 unspecified atom stereocenters. The summed E-state index contributed by atoms with van der Waals surface area (Å²) in [5, 5.41) is 7.68. The molecule has 1 saturated heterocycles. The number of anilines is 1. The summed E-state index contributed by atoms with van der Waals surface area (Å²) in [4.78, 5) is 20.7. The highest BCUT2D eigenvalue weighted by Crippen LogP contribution is 2.19. The average molecular weight is 331 g/mol. The maximum absolute atomic E-state index is 11.9. The molecule has 0 saturated carbocycles. The largest absolute Gasteiger partial charge is 0.461 e. The number of carbonyl (C=O) groups is 1. The Morgan fingerprint density at radius 3 is 2.96 bits per heavy atom. The lowest BCUT2D eigenvalue weighted by Crippen LogP contribution is -2.28. The molecule has 0 aromatic carbocycles. The quantitative estimate of drug-likeness (QED) is 0.833. The minimum Gasteiger partial charge on any atom is -0.461 e. The number of aryl methyl sites for hydroxylation is 1. The molecule has 24 heavy (non-hydrogen) atoms. The zero-order chi connectivity index (χ0) is 16.9. The Kier molecular flexibility index (Phi) is 5.05. The molecule has 0 spiro atoms. The van der Waals surface area contributed by atoms with Crippen molar-refractivity contribution < 1.29 is 14.3 Å². The van der Waals surface area contributed by atoms with Gasteiger partial charge in [0.15, 0.2) is 0 Å². The lowest BCUT2D eigenvalue weighted by Gasteiger charge is -2.23. The molecular weight excluding hydrogens is 310 g/mol. The summed E-state index contributed by atoms with van der Waals surface area (Å²) in [6.07, 6.45) is 3.55. The van der Waals surface area contributed by atoms with E-state index < -0.39 is 5.97 Å². The third-order valence-corrected chi connectivity index (χ3v) is 3.84. The molecule has 1 aliphatic rings. The third-order valence-electron chi connectivity index (χ3n) is 3.84. The number of hydrogen-bond donors (Lipinski definition) is 1. The Labute approximate surface area is 140 Å². The summed E-state index contributed by atoms with van der Waals surface area (Å²) >= 11 is 0. The second-order valence-corrected chi connectivity index (χ2v) is 5.56. The summed E-state index contributed by atoms with van der Waals surface area (Å²) in [6, 6.07) is 3.76. The molecule has 2 aromatic heterocycles. The number of ether oxygens (including phenoxy) is 2. The van der Waals surface area contributed by atoms with Crippen LogP contribution < -0.4 is 5.32 Å². The molecule has 3 rings (SSSR count). The Morgan fingerprint density at radius 1 is 1.42 bits per heavy atom. The summed E-state index contributed by atoms with van der Waals surface area (Å²) < 4.78 is 11.9. The highest BCUT2D eigenvalue weighted by Gasteiger charge is 2.18. The first-order valence-corrected chi connectivity index (χ1v) is 8.06. The Hall–Kier alpha value is -2.48. The van der Waals surface area contributed by atoms with Gasteiger partial charge in [0.1, 0.15) is 11.4 Å². The molecule has 0 amide bonds. The van der Waals surface area contributed by atoms with Crippen molar-refractivity contribution in [1.29, 1.82) is 0 Å². The monoisotopic (exact) mass is 331 g/mol. The van der Waals surface area contributed by atoms with E-state index in [0.717, 1.165) is 26.1 Å². The predicted molar refractivity (Wildman–Crippen MR) is 87.7 cm³/mol. The van der Waals surface area contributed by atoms with Gasteiger partial charge in [0.25, 0.3) is 0 Å². The lowest BCUT2D eigenvalue weighted by atomic mass is 10.1. The van der Waals surface area contributed by atoms with E-state index in [1.807, 2.05) is 0 Å². The van der Waals surface area contributed by atoms with Crippen LogP contribution in [0.5, 0.6) is 0 Å². The number of nitrogens with zero attached hydrogens (tertiary/aromatic N) is 4. The zero-order valence-corrected chi connectivity index (χ0v) is 13.9. The van der Waals surface area contributed by atoms with E-state index >= 15 is 0 Å². The molecular formula is C16H21N5O3. The summed E-state index contributed by atoms with van der Waals surface area (Å²) in [6.45, 7) is 3.60. The van der Waals surface area contributed by atoms with E-state index in [4.69, 9.17) is 9.47 Å². The first-order valence-electron chi connectivity index (χ1n) is 8.06. The number of esters is 1. The van der Waals surface area contributed by atoms with E-state index in [1.165, 1.54) is 4.68 Å². The van der Waals surface area contributed by atoms with E-state index in [0.29, 0.717) is 35.7 Å². The normalized spacial score (nSPS) is 15.2. The standard InChI is InChI=1S/C16H21N5O3/c1-3-24-15(22)14-10-13(20-21(14)2)12-4-7-17-16(19-12)18-11-5-8-23-9-6-11/h4,7,10-11H,3,5-6,8-9H2,1-2H3,(H,17,18,19). The molecule has 128 valence electrons. The number of rotatable bonds is 5. The van der Waals surface area contributed by atoms with Gasteiger partial charge in [-0.3, -0.25) is 4.68 Å². The van der Waals surface area contributed by atoms with Gasteiger partial charge in [0.2, 0.25) is 5.95 Å². The van der Waals surface area contributed by atoms with Crippen LogP contribution in [0.15, 0.2) is 18.3 Å². The Balaban J connectivity index is 1.78. The van der Waals surface area contributed by atoms with Crippen molar-refractivity contribution in [3.8, 4) is 11.4 Å². The molecule has 1 fully saturated rings. The van der Waals surface area contributed by atoms with Gasteiger partial charge in [0, 0.05) is 38.6 Å². The smallest absolute Gasteiger partial charge is 0.356 e. The van der Waals surface area contributed by atoms with E-state index in [2.05, 4.69) is 20.4 Å². The van der Waals surface area contributed by atoms with Gasteiger partial charge < -0.3 is 14.8 Å². The summed E-state index contributed by atoms with van der Waals surface area (Å²) in [7, 11) is 1.71. The minimum absolute atomic E-state index is 0.313. The average Bonchev–Trinajstić information content (AvgIpc) is 2.98. The first kappa shape index (κ1) is 16.4. The topological polar surface area (TPSA) is 91.2 Å². The molecule has 1 N–H and O–H groups in total. The number of carbonyl (C=O) groups excluding carboxylic acids is 1. The van der Waals surface area contributed by atoms with Crippen LogP contribution in [0.25, 0.3) is 11.4 Å². The van der Waals surface area contributed by atoms with Gasteiger partial charge in [-0.1, -0.05) is 0 Å². The lowest BCUT2D eigenvalue weighted by molar-refractivity contribution is 0.0513. The van der Waals surface area contributed by atoms with Crippen molar-refractivity contribution in [2.24, 2.45) is 7.05 Å². The second-order valence-electron chi connectivity index (χ2n) is 5.56. The maximum atomic E-state index is 11.9. The van der Waals surface area contributed by atoms with Crippen molar-refractivity contribution in [3.05, 3.63) is 24.0 Å². The Bertz CT molecular complexity index is 709. The molecule has 1 aliphatic heterocycles. The summed E-state index contributed by atoms with van der Waals surface area (Å²) in [5.41, 5.74) is 1.66. The zero-order valence-electron chi connectivity index (χ0n) is 13.9. The van der Waals surface area contributed by atoms with Crippen LogP contribution in [0, 0.1) is 0 Å². The molecule has 2 aromatic rings. The predicted octanol–water partition coefficient (Wildman–Crippen LogP) is 1.64. The van der Waals surface area contributed by atoms with Crippen molar-refractivity contribution >= 4 is 11.9 Å². The van der Waals surface area contributed by atoms with E-state index in [9.17, 15) is 4.79 Å². The first-order chi connectivity index (χ1) is 11.7. The van der Waals surface area contributed by atoms with Gasteiger partial charge in [-0.25, -0.2) is 14.8 Å². The molecule has 3 heterocycles. The van der Waals surface area contributed by atoms with Crippen molar-refractivity contribution in [2.75, 3.05) is 25.1 Å². The second kappa shape index (κ2) is 7.39. The van der Waals surface area contributed by atoms with E-state index in [1.54, 1.807) is 32.3 Å². The molecule has 0 aliphatic carbocycles. The van der Waals surface area contributed by atoms with Gasteiger partial charge >= 0.3 is 5.97 Å². The minimum atomic E-state index is -0.395. The van der Waals surface area contributed by atoms with Crippen LogP contribution in [0.1, 0.15) is 30.3 Å². The van der Waals surface area contributed by atoms with Gasteiger partial charge in [0.05, 0.1) is 12.3 Å². The Morgan fingerprint density at radius 2 is 2.21 bits per heavy atom. The molecule has 0 radical (unpaired) electrons. The van der Waals surface area contributed by atoms with Crippen LogP contribution >= 0.6 is 0 Å². The van der Waals surface area contributed by atoms with Gasteiger partial charge in [-0.05, 0) is 25.8 Å². The number of hydrogen-bond acceptors (Lipinski definition) is 7. The van der Waals surface area contributed by atoms with Crippen LogP contribution in [0.2, 0.25) is 0 Å². The van der Waals surface area contributed by atoms with Gasteiger partial charge in [-0.15, -0.1) is 0 Å². The fraction of sp³-hybridized carbons (Fsp3) is 0.500. The molecule has 0 atom stereocenters. The molecule has 8 nitrogen and oxygen atoms in total. The molecule has 8 heteroatoms. The van der Waals surface area contributed by atoms with Crippen molar-refractivity contribution in [1.82, 2.24) is 19.7 Å². The molecule has 0 bridgehead atoms. The van der Waals surface area contributed by atoms with Crippen LogP contribution in [0.3, 0.4) is 0 Å². The maximum Gasteiger partial charge on any atom is 0.356 e. The van der Waals surface area contributed by atoms with Crippen LogP contribution in [-0.4, -0.2) is 51.6 Å². The number of aromatic nitrogens is 4. The summed E-state index contributed by atoms with van der Waals surface area (Å²) in [5.74, 6) is 0.163. The van der Waals surface area contributed by atoms with Crippen molar-refractivity contribution in [3.63, 3.8) is 0 Å². The highest BCUT2D eigenvalue weighted by atomic mass is 16.5. The van der Waals surface area contributed by atoms with Crippen LogP contribution in [0.4, 0.5) is 5.95 Å². The van der Waals surface area contributed by atoms with Gasteiger partial charge in [-0.2, -0.15) is 5.10 Å². The van der Waals surface area contributed by atoms with Crippen LogP contribution in [-0.2, 0) is 16.5 Å². The fourth-order valence-corrected chi connectivity index (χ4v) is 2.58.